The average Bonchev–Trinajstić information content (AvgIpc) is 3.39. The molecule has 8 aromatic rings. The van der Waals surface area contributed by atoms with Crippen LogP contribution in [0.25, 0.3) is 78.2 Å². The fourth-order valence-corrected chi connectivity index (χ4v) is 7.39. The molecule has 0 N–H and O–H groups in total. The minimum absolute atomic E-state index is 0.0989. The predicted octanol–water partition coefficient (Wildman–Crippen LogP) is 11.7. The molecule has 0 fully saturated rings. The number of hydrogen-bond donors (Lipinski definition) is 0. The topological polar surface area (TPSA) is 38.7 Å². The van der Waals surface area contributed by atoms with Crippen molar-refractivity contribution in [2.75, 3.05) is 0 Å². The standard InChI is InChI=1S/C46H33N3/c1-46(2)39-22-12-21-37(44(39)38-27-31-15-6-7-16-32(31)28-40(38)46)33-17-10-19-35(25-33)42-29-43(49-45(48-42)30-13-4-3-5-14-30)36-20-11-18-34(26-36)41-23-8-9-24-47-41/h3-29H,1-2H3. The first kappa shape index (κ1) is 29.0. The van der Waals surface area contributed by atoms with Gasteiger partial charge in [-0.2, -0.15) is 0 Å². The van der Waals surface area contributed by atoms with Gasteiger partial charge >= 0.3 is 0 Å². The normalized spacial score (nSPS) is 12.9. The van der Waals surface area contributed by atoms with Gasteiger partial charge in [-0.3, -0.25) is 4.98 Å². The minimum atomic E-state index is -0.0989. The van der Waals surface area contributed by atoms with Crippen LogP contribution >= 0.6 is 0 Å². The van der Waals surface area contributed by atoms with Crippen molar-refractivity contribution in [3.8, 4) is 67.4 Å². The van der Waals surface area contributed by atoms with Crippen molar-refractivity contribution in [1.82, 2.24) is 15.0 Å². The summed E-state index contributed by atoms with van der Waals surface area (Å²) in [6.07, 6.45) is 1.83. The largest absolute Gasteiger partial charge is 0.256 e. The molecule has 6 aromatic carbocycles. The predicted molar refractivity (Wildman–Crippen MR) is 202 cm³/mol. The SMILES string of the molecule is CC1(C)c2cc3ccccc3cc2-c2c(-c3cccc(-c4cc(-c5cccc(-c6ccccn6)c5)nc(-c5ccccc5)n4)c3)cccc21. The second-order valence-electron chi connectivity index (χ2n) is 13.3. The first-order valence-corrected chi connectivity index (χ1v) is 16.8. The summed E-state index contributed by atoms with van der Waals surface area (Å²) in [5.41, 5.74) is 14.5. The first-order chi connectivity index (χ1) is 24.0. The molecule has 0 amide bonds. The molecule has 9 rings (SSSR count). The van der Waals surface area contributed by atoms with E-state index in [-0.39, 0.29) is 5.41 Å². The quantitative estimate of drug-likeness (QED) is 0.191. The van der Waals surface area contributed by atoms with Gasteiger partial charge in [-0.25, -0.2) is 9.97 Å². The van der Waals surface area contributed by atoms with Crippen LogP contribution in [-0.2, 0) is 5.41 Å². The Hall–Kier alpha value is -6.19. The van der Waals surface area contributed by atoms with Crippen molar-refractivity contribution < 1.29 is 0 Å². The van der Waals surface area contributed by atoms with E-state index < -0.39 is 0 Å². The third kappa shape index (κ3) is 5.03. The van der Waals surface area contributed by atoms with Crippen LogP contribution in [0, 0.1) is 0 Å². The monoisotopic (exact) mass is 627 g/mol. The highest BCUT2D eigenvalue weighted by atomic mass is 14.9. The van der Waals surface area contributed by atoms with E-state index in [1.807, 2.05) is 42.6 Å². The number of nitrogens with zero attached hydrogens (tertiary/aromatic N) is 3. The Morgan fingerprint density at radius 2 is 1.00 bits per heavy atom. The summed E-state index contributed by atoms with van der Waals surface area (Å²) in [5.74, 6) is 0.699. The summed E-state index contributed by atoms with van der Waals surface area (Å²) >= 11 is 0. The lowest BCUT2D eigenvalue weighted by atomic mass is 9.81. The minimum Gasteiger partial charge on any atom is -0.256 e. The average molecular weight is 628 g/mol. The Balaban J connectivity index is 1.20. The van der Waals surface area contributed by atoms with Gasteiger partial charge in [-0.05, 0) is 86.6 Å². The third-order valence-electron chi connectivity index (χ3n) is 9.91. The molecule has 2 aromatic heterocycles. The number of benzene rings is 6. The summed E-state index contributed by atoms with van der Waals surface area (Å²) in [6.45, 7) is 4.70. The molecule has 0 saturated carbocycles. The molecule has 0 unspecified atom stereocenters. The van der Waals surface area contributed by atoms with Gasteiger partial charge in [0.2, 0.25) is 0 Å². The molecule has 0 aliphatic heterocycles. The van der Waals surface area contributed by atoms with Crippen LogP contribution in [-0.4, -0.2) is 15.0 Å². The van der Waals surface area contributed by atoms with Crippen molar-refractivity contribution in [1.29, 1.82) is 0 Å². The molecule has 2 heterocycles. The Labute approximate surface area is 286 Å². The summed E-state index contributed by atoms with van der Waals surface area (Å²) in [4.78, 5) is 14.8. The van der Waals surface area contributed by atoms with Crippen LogP contribution in [0.2, 0.25) is 0 Å². The second-order valence-corrected chi connectivity index (χ2v) is 13.3. The zero-order valence-electron chi connectivity index (χ0n) is 27.4. The molecule has 3 nitrogen and oxygen atoms in total. The van der Waals surface area contributed by atoms with Crippen molar-refractivity contribution in [3.63, 3.8) is 0 Å². The number of hydrogen-bond acceptors (Lipinski definition) is 3. The van der Waals surface area contributed by atoms with Crippen LogP contribution in [0.4, 0.5) is 0 Å². The lowest BCUT2D eigenvalue weighted by molar-refractivity contribution is 0.661. The molecule has 0 saturated heterocycles. The van der Waals surface area contributed by atoms with E-state index in [9.17, 15) is 0 Å². The number of aromatic nitrogens is 3. The first-order valence-electron chi connectivity index (χ1n) is 16.8. The van der Waals surface area contributed by atoms with E-state index >= 15 is 0 Å². The van der Waals surface area contributed by atoms with Crippen molar-refractivity contribution >= 4 is 10.8 Å². The highest BCUT2D eigenvalue weighted by Gasteiger charge is 2.37. The summed E-state index contributed by atoms with van der Waals surface area (Å²) < 4.78 is 0. The molecule has 1 aliphatic carbocycles. The fraction of sp³-hybridized carbons (Fsp3) is 0.0652. The Morgan fingerprint density at radius 3 is 1.71 bits per heavy atom. The van der Waals surface area contributed by atoms with Gasteiger partial charge in [0.1, 0.15) is 0 Å². The van der Waals surface area contributed by atoms with Gasteiger partial charge in [0.05, 0.1) is 17.1 Å². The molecular formula is C46H33N3. The molecule has 3 heteroatoms. The summed E-state index contributed by atoms with van der Waals surface area (Å²) in [7, 11) is 0. The third-order valence-corrected chi connectivity index (χ3v) is 9.91. The molecule has 0 spiro atoms. The van der Waals surface area contributed by atoms with Crippen LogP contribution in [0.5, 0.6) is 0 Å². The van der Waals surface area contributed by atoms with E-state index in [1.165, 1.54) is 44.2 Å². The highest BCUT2D eigenvalue weighted by Crippen LogP contribution is 2.53. The smallest absolute Gasteiger partial charge is 0.160 e. The highest BCUT2D eigenvalue weighted by molar-refractivity contribution is 5.99. The van der Waals surface area contributed by atoms with Crippen LogP contribution < -0.4 is 0 Å². The maximum atomic E-state index is 5.16. The van der Waals surface area contributed by atoms with Gasteiger partial charge in [0.25, 0.3) is 0 Å². The number of rotatable bonds is 5. The van der Waals surface area contributed by atoms with Gasteiger partial charge in [0.15, 0.2) is 5.82 Å². The van der Waals surface area contributed by atoms with Gasteiger partial charge in [-0.1, -0.05) is 129 Å². The molecule has 0 radical (unpaired) electrons. The molecule has 1 aliphatic rings. The maximum absolute atomic E-state index is 5.16. The van der Waals surface area contributed by atoms with E-state index in [0.29, 0.717) is 5.82 Å². The molecule has 0 atom stereocenters. The van der Waals surface area contributed by atoms with E-state index in [1.54, 1.807) is 0 Å². The van der Waals surface area contributed by atoms with Gasteiger partial charge in [0, 0.05) is 33.9 Å². The summed E-state index contributed by atoms with van der Waals surface area (Å²) in [5, 5.41) is 2.55. The second kappa shape index (κ2) is 11.5. The van der Waals surface area contributed by atoms with Crippen LogP contribution in [0.15, 0.2) is 164 Å². The Morgan fingerprint density at radius 1 is 0.408 bits per heavy atom. The van der Waals surface area contributed by atoms with Gasteiger partial charge < -0.3 is 0 Å². The Kier molecular flexibility index (Phi) is 6.80. The molecule has 0 bridgehead atoms. The van der Waals surface area contributed by atoms with Crippen molar-refractivity contribution in [2.24, 2.45) is 0 Å². The van der Waals surface area contributed by atoms with Gasteiger partial charge in [-0.15, -0.1) is 0 Å². The van der Waals surface area contributed by atoms with E-state index in [4.69, 9.17) is 9.97 Å². The summed E-state index contributed by atoms with van der Waals surface area (Å²) in [6, 6.07) is 55.8. The Bertz CT molecular complexity index is 2520. The van der Waals surface area contributed by atoms with E-state index in [0.717, 1.165) is 39.3 Å². The maximum Gasteiger partial charge on any atom is 0.160 e. The zero-order valence-corrected chi connectivity index (χ0v) is 27.4. The zero-order chi connectivity index (χ0) is 33.0. The van der Waals surface area contributed by atoms with Crippen molar-refractivity contribution in [2.45, 2.75) is 19.3 Å². The lowest BCUT2D eigenvalue weighted by Gasteiger charge is -2.22. The lowest BCUT2D eigenvalue weighted by Crippen LogP contribution is -2.14. The van der Waals surface area contributed by atoms with Crippen LogP contribution in [0.1, 0.15) is 25.0 Å². The molecular weight excluding hydrogens is 595 g/mol. The van der Waals surface area contributed by atoms with Crippen LogP contribution in [0.3, 0.4) is 0 Å². The molecule has 232 valence electrons. The number of pyridine rings is 1. The molecule has 49 heavy (non-hydrogen) atoms. The van der Waals surface area contributed by atoms with E-state index in [2.05, 4.69) is 140 Å². The number of fused-ring (bicyclic) bond motifs is 4. The fourth-order valence-electron chi connectivity index (χ4n) is 7.39. The van der Waals surface area contributed by atoms with Crippen molar-refractivity contribution in [3.05, 3.63) is 175 Å².